The molecule has 3 rings (SSSR count). The Morgan fingerprint density at radius 1 is 0.900 bits per heavy atom. The maximum absolute atomic E-state index is 10.2. The average molecular weight is 260 g/mol. The zero-order valence-corrected chi connectivity index (χ0v) is 11.4. The molecule has 1 heteroatoms. The van der Waals surface area contributed by atoms with Gasteiger partial charge in [0, 0.05) is 0 Å². The molecule has 0 amide bonds. The van der Waals surface area contributed by atoms with E-state index in [9.17, 15) is 5.11 Å². The molecular weight excluding hydrogens is 244 g/mol. The van der Waals surface area contributed by atoms with Gasteiger partial charge in [-0.1, -0.05) is 61.2 Å². The first-order chi connectivity index (χ1) is 9.68. The van der Waals surface area contributed by atoms with Crippen LogP contribution >= 0.6 is 0 Å². The molecule has 0 saturated carbocycles. The van der Waals surface area contributed by atoms with Crippen molar-refractivity contribution in [2.45, 2.75) is 6.92 Å². The van der Waals surface area contributed by atoms with Gasteiger partial charge in [0.05, 0.1) is 0 Å². The van der Waals surface area contributed by atoms with Gasteiger partial charge in [0.15, 0.2) is 0 Å². The molecule has 0 unspecified atom stereocenters. The van der Waals surface area contributed by atoms with Crippen LogP contribution in [0.3, 0.4) is 0 Å². The van der Waals surface area contributed by atoms with E-state index in [1.165, 1.54) is 0 Å². The molecule has 0 radical (unpaired) electrons. The molecule has 3 aromatic rings. The monoisotopic (exact) mass is 260 g/mol. The molecule has 0 fully saturated rings. The van der Waals surface area contributed by atoms with Gasteiger partial charge in [-0.25, -0.2) is 0 Å². The normalized spacial score (nSPS) is 10.7. The van der Waals surface area contributed by atoms with Crippen LogP contribution in [-0.4, -0.2) is 5.11 Å². The third-order valence-electron chi connectivity index (χ3n) is 3.73. The summed E-state index contributed by atoms with van der Waals surface area (Å²) in [6.45, 7) is 6.14. The van der Waals surface area contributed by atoms with E-state index in [4.69, 9.17) is 0 Å². The number of aryl methyl sites for hydroxylation is 1. The summed E-state index contributed by atoms with van der Waals surface area (Å²) in [6, 6.07) is 20.0. The van der Waals surface area contributed by atoms with E-state index in [1.54, 1.807) is 0 Å². The second kappa shape index (κ2) is 4.86. The standard InChI is InChI=1S/C19H16O/c1-13(15-8-4-3-5-9-15)18-12-19(20)14(2)16-10-6-7-11-17(16)18/h3-12,20H,1H2,2H3. The highest BCUT2D eigenvalue weighted by Gasteiger charge is 2.11. The van der Waals surface area contributed by atoms with Crippen molar-refractivity contribution in [3.63, 3.8) is 0 Å². The number of hydrogen-bond acceptors (Lipinski definition) is 1. The first kappa shape index (κ1) is 12.5. The number of phenols is 1. The molecule has 0 heterocycles. The van der Waals surface area contributed by atoms with Crippen molar-refractivity contribution >= 4 is 16.3 Å². The van der Waals surface area contributed by atoms with Crippen molar-refractivity contribution < 1.29 is 5.11 Å². The van der Waals surface area contributed by atoms with Crippen LogP contribution in [0.5, 0.6) is 5.75 Å². The van der Waals surface area contributed by atoms with Crippen molar-refractivity contribution in [1.29, 1.82) is 0 Å². The average Bonchev–Trinajstić information content (AvgIpc) is 2.51. The Kier molecular flexibility index (Phi) is 3.03. The molecule has 0 aliphatic heterocycles. The van der Waals surface area contributed by atoms with Crippen molar-refractivity contribution in [3.05, 3.63) is 83.9 Å². The van der Waals surface area contributed by atoms with Gasteiger partial charge < -0.3 is 5.11 Å². The van der Waals surface area contributed by atoms with Crippen molar-refractivity contribution in [3.8, 4) is 5.75 Å². The minimum Gasteiger partial charge on any atom is -0.508 e. The minimum absolute atomic E-state index is 0.316. The predicted octanol–water partition coefficient (Wildman–Crippen LogP) is 4.92. The SMILES string of the molecule is C=C(c1ccccc1)c1cc(O)c(C)c2ccccc12. The quantitative estimate of drug-likeness (QED) is 0.693. The second-order valence-corrected chi connectivity index (χ2v) is 4.96. The molecule has 0 aliphatic rings. The van der Waals surface area contributed by atoms with Gasteiger partial charge in [-0.3, -0.25) is 0 Å². The lowest BCUT2D eigenvalue weighted by Gasteiger charge is -2.13. The van der Waals surface area contributed by atoms with Gasteiger partial charge in [0.1, 0.15) is 5.75 Å². The number of hydrogen-bond donors (Lipinski definition) is 1. The molecule has 0 bridgehead atoms. The molecule has 0 aromatic heterocycles. The lowest BCUT2D eigenvalue weighted by molar-refractivity contribution is 0.472. The van der Waals surface area contributed by atoms with Gasteiger partial charge in [-0.15, -0.1) is 0 Å². The fourth-order valence-corrected chi connectivity index (χ4v) is 2.55. The lowest BCUT2D eigenvalue weighted by Crippen LogP contribution is -1.90. The van der Waals surface area contributed by atoms with Crippen molar-refractivity contribution in [2.75, 3.05) is 0 Å². The first-order valence-corrected chi connectivity index (χ1v) is 6.64. The number of aromatic hydroxyl groups is 1. The van der Waals surface area contributed by atoms with Crippen LogP contribution in [0.2, 0.25) is 0 Å². The van der Waals surface area contributed by atoms with E-state index < -0.39 is 0 Å². The van der Waals surface area contributed by atoms with E-state index in [-0.39, 0.29) is 0 Å². The third kappa shape index (κ3) is 1.97. The van der Waals surface area contributed by atoms with E-state index in [0.717, 1.165) is 33.0 Å². The smallest absolute Gasteiger partial charge is 0.119 e. The third-order valence-corrected chi connectivity index (χ3v) is 3.73. The van der Waals surface area contributed by atoms with Crippen LogP contribution in [0.4, 0.5) is 0 Å². The fourth-order valence-electron chi connectivity index (χ4n) is 2.55. The van der Waals surface area contributed by atoms with Gasteiger partial charge in [-0.05, 0) is 46.0 Å². The van der Waals surface area contributed by atoms with Crippen LogP contribution in [0, 0.1) is 6.92 Å². The van der Waals surface area contributed by atoms with Gasteiger partial charge in [-0.2, -0.15) is 0 Å². The van der Waals surface area contributed by atoms with Crippen LogP contribution in [-0.2, 0) is 0 Å². The topological polar surface area (TPSA) is 20.2 Å². The van der Waals surface area contributed by atoms with Gasteiger partial charge in [0.25, 0.3) is 0 Å². The number of rotatable bonds is 2. The van der Waals surface area contributed by atoms with Gasteiger partial charge >= 0.3 is 0 Å². The fraction of sp³-hybridized carbons (Fsp3) is 0.0526. The molecular formula is C19H16O. The molecule has 20 heavy (non-hydrogen) atoms. The highest BCUT2D eigenvalue weighted by atomic mass is 16.3. The molecule has 1 N–H and O–H groups in total. The predicted molar refractivity (Wildman–Crippen MR) is 84.9 cm³/mol. The van der Waals surface area contributed by atoms with E-state index in [0.29, 0.717) is 5.75 Å². The van der Waals surface area contributed by atoms with Crippen molar-refractivity contribution in [2.24, 2.45) is 0 Å². The first-order valence-electron chi connectivity index (χ1n) is 6.64. The van der Waals surface area contributed by atoms with Crippen LogP contribution in [0.15, 0.2) is 67.2 Å². The molecule has 3 aromatic carbocycles. The summed E-state index contributed by atoms with van der Waals surface area (Å²) >= 11 is 0. The summed E-state index contributed by atoms with van der Waals surface area (Å²) in [5, 5.41) is 12.3. The van der Waals surface area contributed by atoms with Crippen LogP contribution < -0.4 is 0 Å². The summed E-state index contributed by atoms with van der Waals surface area (Å²) in [4.78, 5) is 0. The Labute approximate surface area is 118 Å². The maximum Gasteiger partial charge on any atom is 0.119 e. The van der Waals surface area contributed by atoms with E-state index in [2.05, 4.69) is 12.6 Å². The van der Waals surface area contributed by atoms with E-state index in [1.807, 2.05) is 61.5 Å². The maximum atomic E-state index is 10.2. The zero-order chi connectivity index (χ0) is 14.1. The Bertz CT molecular complexity index is 785. The molecule has 98 valence electrons. The summed E-state index contributed by atoms with van der Waals surface area (Å²) < 4.78 is 0. The Hall–Kier alpha value is -2.54. The number of fused-ring (bicyclic) bond motifs is 1. The molecule has 0 aliphatic carbocycles. The lowest BCUT2D eigenvalue weighted by atomic mass is 9.92. The summed E-state index contributed by atoms with van der Waals surface area (Å²) in [5.74, 6) is 0.316. The second-order valence-electron chi connectivity index (χ2n) is 4.96. The summed E-state index contributed by atoms with van der Waals surface area (Å²) in [6.07, 6.45) is 0. The Balaban J connectivity index is 2.27. The Morgan fingerprint density at radius 2 is 1.50 bits per heavy atom. The number of phenolic OH excluding ortho intramolecular Hbond substituents is 1. The number of benzene rings is 3. The highest BCUT2D eigenvalue weighted by molar-refractivity contribution is 5.99. The van der Waals surface area contributed by atoms with E-state index >= 15 is 0 Å². The minimum atomic E-state index is 0.316. The molecule has 0 saturated heterocycles. The van der Waals surface area contributed by atoms with Crippen LogP contribution in [0.1, 0.15) is 16.7 Å². The summed E-state index contributed by atoms with van der Waals surface area (Å²) in [5.41, 5.74) is 3.89. The van der Waals surface area contributed by atoms with Crippen molar-refractivity contribution in [1.82, 2.24) is 0 Å². The Morgan fingerprint density at radius 3 is 2.20 bits per heavy atom. The highest BCUT2D eigenvalue weighted by Crippen LogP contribution is 2.35. The molecule has 0 atom stereocenters. The molecule has 1 nitrogen and oxygen atoms in total. The zero-order valence-electron chi connectivity index (χ0n) is 11.4. The molecule has 0 spiro atoms. The van der Waals surface area contributed by atoms with Crippen LogP contribution in [0.25, 0.3) is 16.3 Å². The summed E-state index contributed by atoms with van der Waals surface area (Å²) in [7, 11) is 0. The van der Waals surface area contributed by atoms with Gasteiger partial charge in [0.2, 0.25) is 0 Å². The largest absolute Gasteiger partial charge is 0.508 e.